The number of non-ortho nitro benzene ring substituents is 1. The Kier molecular flexibility index (Phi) is 4.67. The number of esters is 1. The second kappa shape index (κ2) is 6.24. The van der Waals surface area contributed by atoms with Crippen LogP contribution in [-0.4, -0.2) is 18.0 Å². The number of carbonyl (C=O) groups is 1. The zero-order chi connectivity index (χ0) is 13.5. The predicted molar refractivity (Wildman–Crippen MR) is 65.6 cm³/mol. The molecule has 0 atom stereocenters. The first-order valence-electron chi connectivity index (χ1n) is 5.05. The van der Waals surface area contributed by atoms with Gasteiger partial charge in [0.2, 0.25) is 0 Å². The van der Waals surface area contributed by atoms with Crippen LogP contribution >= 0.6 is 0 Å². The second-order valence-electron chi connectivity index (χ2n) is 3.40. The Morgan fingerprint density at radius 3 is 2.50 bits per heavy atom. The minimum Gasteiger partial charge on any atom is -0.466 e. The molecule has 0 amide bonds. The molecule has 0 saturated carbocycles. The van der Waals surface area contributed by atoms with Crippen molar-refractivity contribution in [3.63, 3.8) is 0 Å². The van der Waals surface area contributed by atoms with Crippen LogP contribution in [0.15, 0.2) is 36.0 Å². The van der Waals surface area contributed by atoms with Crippen LogP contribution in [0.3, 0.4) is 0 Å². The van der Waals surface area contributed by atoms with Gasteiger partial charge in [0.15, 0.2) is 0 Å². The van der Waals surface area contributed by atoms with Crippen LogP contribution in [0, 0.1) is 10.1 Å². The molecule has 0 aliphatic heterocycles. The van der Waals surface area contributed by atoms with Gasteiger partial charge in [-0.2, -0.15) is 0 Å². The molecule has 7 heteroatoms. The molecule has 18 heavy (non-hydrogen) atoms. The van der Waals surface area contributed by atoms with E-state index >= 15 is 0 Å². The highest BCUT2D eigenvalue weighted by atomic mass is 16.6. The molecule has 0 aliphatic carbocycles. The smallest absolute Gasteiger partial charge is 0.332 e. The zero-order valence-corrected chi connectivity index (χ0v) is 9.97. The maximum Gasteiger partial charge on any atom is 0.332 e. The number of benzene rings is 1. The van der Waals surface area contributed by atoms with Gasteiger partial charge < -0.3 is 15.6 Å². The lowest BCUT2D eigenvalue weighted by molar-refractivity contribution is -0.384. The number of nitrogens with one attached hydrogen (secondary N) is 2. The first kappa shape index (κ1) is 13.5. The molecule has 0 saturated heterocycles. The number of hydrazine groups is 1. The molecule has 0 aliphatic rings. The standard InChI is InChI=1S/C11H13N3O4/c1-8(7-11(15)18-2)12-13-9-3-5-10(6-4-9)14(16)17/h3-7,12-13H,1-2H3/b8-7+. The molecule has 96 valence electrons. The Morgan fingerprint density at radius 2 is 2.00 bits per heavy atom. The number of methoxy groups -OCH3 is 1. The van der Waals surface area contributed by atoms with Gasteiger partial charge in [0, 0.05) is 23.9 Å². The minimum atomic E-state index is -0.473. The van der Waals surface area contributed by atoms with Crippen LogP contribution in [0.2, 0.25) is 0 Å². The SMILES string of the molecule is COC(=O)/C=C(\C)NNc1ccc([N+](=O)[O-])cc1. The van der Waals surface area contributed by atoms with E-state index in [1.54, 1.807) is 19.1 Å². The van der Waals surface area contributed by atoms with Crippen LogP contribution in [0.5, 0.6) is 0 Å². The number of rotatable bonds is 5. The maximum absolute atomic E-state index is 10.9. The minimum absolute atomic E-state index is 0.0161. The lowest BCUT2D eigenvalue weighted by Crippen LogP contribution is -2.20. The summed E-state index contributed by atoms with van der Waals surface area (Å²) in [4.78, 5) is 20.9. The van der Waals surface area contributed by atoms with Gasteiger partial charge in [-0.25, -0.2) is 4.79 Å². The van der Waals surface area contributed by atoms with Crippen molar-refractivity contribution in [3.05, 3.63) is 46.2 Å². The highest BCUT2D eigenvalue weighted by Gasteiger charge is 2.03. The summed E-state index contributed by atoms with van der Waals surface area (Å²) in [5.74, 6) is -0.467. The highest BCUT2D eigenvalue weighted by molar-refractivity contribution is 5.82. The Balaban J connectivity index is 2.56. The lowest BCUT2D eigenvalue weighted by atomic mass is 10.3. The molecule has 0 heterocycles. The van der Waals surface area contributed by atoms with Gasteiger partial charge in [-0.1, -0.05) is 0 Å². The van der Waals surface area contributed by atoms with Crippen molar-refractivity contribution in [1.82, 2.24) is 5.43 Å². The largest absolute Gasteiger partial charge is 0.466 e. The Labute approximate surface area is 104 Å². The topological polar surface area (TPSA) is 93.5 Å². The van der Waals surface area contributed by atoms with Crippen LogP contribution < -0.4 is 10.9 Å². The number of allylic oxidation sites excluding steroid dienone is 1. The van der Waals surface area contributed by atoms with Crippen molar-refractivity contribution in [2.45, 2.75) is 6.92 Å². The summed E-state index contributed by atoms with van der Waals surface area (Å²) in [7, 11) is 1.29. The number of carbonyl (C=O) groups excluding carboxylic acids is 1. The Bertz CT molecular complexity index is 468. The summed E-state index contributed by atoms with van der Waals surface area (Å²) in [6, 6.07) is 5.86. The molecular formula is C11H13N3O4. The second-order valence-corrected chi connectivity index (χ2v) is 3.40. The van der Waals surface area contributed by atoms with Crippen molar-refractivity contribution in [1.29, 1.82) is 0 Å². The summed E-state index contributed by atoms with van der Waals surface area (Å²) in [5, 5.41) is 10.4. The van der Waals surface area contributed by atoms with Crippen LogP contribution in [-0.2, 0) is 9.53 Å². The van der Waals surface area contributed by atoms with E-state index in [1.807, 2.05) is 0 Å². The number of hydrogen-bond acceptors (Lipinski definition) is 6. The zero-order valence-electron chi connectivity index (χ0n) is 9.97. The molecule has 0 radical (unpaired) electrons. The molecule has 0 fully saturated rings. The van der Waals surface area contributed by atoms with E-state index in [2.05, 4.69) is 15.6 Å². The average molecular weight is 251 g/mol. The molecule has 0 spiro atoms. The van der Waals surface area contributed by atoms with Crippen molar-refractivity contribution in [2.75, 3.05) is 12.5 Å². The molecule has 7 nitrogen and oxygen atoms in total. The first-order chi connectivity index (χ1) is 8.52. The monoisotopic (exact) mass is 251 g/mol. The van der Waals surface area contributed by atoms with Gasteiger partial charge in [-0.05, 0) is 19.1 Å². The van der Waals surface area contributed by atoms with Gasteiger partial charge in [-0.3, -0.25) is 10.1 Å². The third-order valence-electron chi connectivity index (χ3n) is 2.02. The Morgan fingerprint density at radius 1 is 1.39 bits per heavy atom. The van der Waals surface area contributed by atoms with E-state index in [4.69, 9.17) is 0 Å². The highest BCUT2D eigenvalue weighted by Crippen LogP contribution is 2.14. The van der Waals surface area contributed by atoms with Crippen LogP contribution in [0.25, 0.3) is 0 Å². The Hall–Kier alpha value is -2.57. The summed E-state index contributed by atoms with van der Waals surface area (Å²) < 4.78 is 4.46. The lowest BCUT2D eigenvalue weighted by Gasteiger charge is -2.09. The molecule has 0 unspecified atom stereocenters. The van der Waals surface area contributed by atoms with E-state index in [-0.39, 0.29) is 5.69 Å². The van der Waals surface area contributed by atoms with E-state index in [1.165, 1.54) is 25.3 Å². The average Bonchev–Trinajstić information content (AvgIpc) is 2.36. The summed E-state index contributed by atoms with van der Waals surface area (Å²) in [6.07, 6.45) is 1.28. The van der Waals surface area contributed by atoms with E-state index in [0.29, 0.717) is 11.4 Å². The molecular weight excluding hydrogens is 238 g/mol. The third kappa shape index (κ3) is 4.12. The van der Waals surface area contributed by atoms with E-state index in [9.17, 15) is 14.9 Å². The number of anilines is 1. The van der Waals surface area contributed by atoms with Gasteiger partial charge >= 0.3 is 5.97 Å². The van der Waals surface area contributed by atoms with E-state index in [0.717, 1.165) is 0 Å². The predicted octanol–water partition coefficient (Wildman–Crippen LogP) is 1.59. The number of nitro groups is 1. The van der Waals surface area contributed by atoms with Crippen LogP contribution in [0.4, 0.5) is 11.4 Å². The molecule has 0 bridgehead atoms. The number of nitrogens with zero attached hydrogens (tertiary/aromatic N) is 1. The van der Waals surface area contributed by atoms with Gasteiger partial charge in [0.05, 0.1) is 17.7 Å². The van der Waals surface area contributed by atoms with Gasteiger partial charge in [0.1, 0.15) is 0 Å². The van der Waals surface area contributed by atoms with Gasteiger partial charge in [0.25, 0.3) is 5.69 Å². The normalized spacial score (nSPS) is 10.7. The molecule has 1 aromatic rings. The summed E-state index contributed by atoms with van der Waals surface area (Å²) >= 11 is 0. The number of hydrogen-bond donors (Lipinski definition) is 2. The van der Waals surface area contributed by atoms with E-state index < -0.39 is 10.9 Å². The van der Waals surface area contributed by atoms with Crippen molar-refractivity contribution in [3.8, 4) is 0 Å². The summed E-state index contributed by atoms with van der Waals surface area (Å²) in [5.41, 5.74) is 6.75. The third-order valence-corrected chi connectivity index (χ3v) is 2.02. The van der Waals surface area contributed by atoms with Crippen LogP contribution in [0.1, 0.15) is 6.92 Å². The maximum atomic E-state index is 10.9. The number of ether oxygens (including phenoxy) is 1. The van der Waals surface area contributed by atoms with Crippen molar-refractivity contribution < 1.29 is 14.5 Å². The number of nitro benzene ring substituents is 1. The molecule has 1 rings (SSSR count). The molecule has 1 aromatic carbocycles. The summed E-state index contributed by atoms with van der Waals surface area (Å²) in [6.45, 7) is 1.68. The van der Waals surface area contributed by atoms with Crippen molar-refractivity contribution in [2.24, 2.45) is 0 Å². The van der Waals surface area contributed by atoms with Gasteiger partial charge in [-0.15, -0.1) is 0 Å². The van der Waals surface area contributed by atoms with Crippen molar-refractivity contribution >= 4 is 17.3 Å². The molecule has 2 N–H and O–H groups in total. The first-order valence-corrected chi connectivity index (χ1v) is 5.05. The quantitative estimate of drug-likeness (QED) is 0.357. The fraction of sp³-hybridized carbons (Fsp3) is 0.182. The molecule has 0 aromatic heterocycles. The fourth-order valence-corrected chi connectivity index (χ4v) is 1.11. The fourth-order valence-electron chi connectivity index (χ4n) is 1.11.